The molecular formula is C18H17N5O3S2. The monoisotopic (exact) mass is 415 g/mol. The van der Waals surface area contributed by atoms with Crippen molar-refractivity contribution in [2.24, 2.45) is 0 Å². The van der Waals surface area contributed by atoms with Crippen molar-refractivity contribution in [2.45, 2.75) is 31.0 Å². The highest BCUT2D eigenvalue weighted by Crippen LogP contribution is 2.41. The molecule has 1 fully saturated rings. The summed E-state index contributed by atoms with van der Waals surface area (Å²) in [5.41, 5.74) is 1.16. The lowest BCUT2D eigenvalue weighted by Gasteiger charge is -2.09. The smallest absolute Gasteiger partial charge is 0.271 e. The number of thiophene rings is 1. The predicted molar refractivity (Wildman–Crippen MR) is 109 cm³/mol. The van der Waals surface area contributed by atoms with Crippen LogP contribution in [-0.4, -0.2) is 31.3 Å². The molecule has 28 heavy (non-hydrogen) atoms. The number of nitrogens with one attached hydrogen (secondary N) is 1. The fourth-order valence-electron chi connectivity index (χ4n) is 2.79. The van der Waals surface area contributed by atoms with Crippen molar-refractivity contribution in [3.05, 3.63) is 51.4 Å². The van der Waals surface area contributed by atoms with Crippen molar-refractivity contribution in [3.8, 4) is 10.7 Å². The molecule has 2 aromatic heterocycles. The molecule has 1 amide bonds. The number of nitrogens with zero attached hydrogens (tertiary/aromatic N) is 4. The van der Waals surface area contributed by atoms with Gasteiger partial charge in [0.25, 0.3) is 5.69 Å². The maximum Gasteiger partial charge on any atom is 0.271 e. The molecule has 0 unspecified atom stereocenters. The number of thioether (sulfide) groups is 1. The van der Waals surface area contributed by atoms with Crippen molar-refractivity contribution in [3.63, 3.8) is 0 Å². The Balaban J connectivity index is 1.46. The molecule has 1 aromatic carbocycles. The van der Waals surface area contributed by atoms with Crippen LogP contribution in [0, 0.1) is 17.0 Å². The highest BCUT2D eigenvalue weighted by Gasteiger charge is 2.30. The lowest BCUT2D eigenvalue weighted by Crippen LogP contribution is -2.15. The first-order valence-electron chi connectivity index (χ1n) is 8.69. The van der Waals surface area contributed by atoms with E-state index in [1.165, 1.54) is 23.9 Å². The molecule has 0 radical (unpaired) electrons. The van der Waals surface area contributed by atoms with Crippen LogP contribution in [-0.2, 0) is 4.79 Å². The van der Waals surface area contributed by atoms with E-state index in [4.69, 9.17) is 0 Å². The zero-order valence-electron chi connectivity index (χ0n) is 15.0. The highest BCUT2D eigenvalue weighted by molar-refractivity contribution is 7.99. The van der Waals surface area contributed by atoms with Crippen molar-refractivity contribution in [2.75, 3.05) is 11.1 Å². The predicted octanol–water partition coefficient (Wildman–Crippen LogP) is 4.29. The Bertz CT molecular complexity index is 1030. The van der Waals surface area contributed by atoms with Gasteiger partial charge in [-0.25, -0.2) is 0 Å². The van der Waals surface area contributed by atoms with Gasteiger partial charge in [0.15, 0.2) is 11.0 Å². The third-order valence-corrected chi connectivity index (χ3v) is 6.17. The molecular weight excluding hydrogens is 398 g/mol. The summed E-state index contributed by atoms with van der Waals surface area (Å²) in [7, 11) is 0. The van der Waals surface area contributed by atoms with E-state index in [1.54, 1.807) is 24.3 Å². The van der Waals surface area contributed by atoms with E-state index in [0.29, 0.717) is 11.7 Å². The Labute approximate surface area is 169 Å². The number of carbonyl (C=O) groups excluding carboxylic acids is 1. The molecule has 0 atom stereocenters. The molecule has 1 aliphatic carbocycles. The molecule has 144 valence electrons. The summed E-state index contributed by atoms with van der Waals surface area (Å²) in [5, 5.41) is 25.0. The number of hydrogen-bond donors (Lipinski definition) is 1. The molecule has 1 aliphatic rings. The number of carbonyl (C=O) groups is 1. The largest absolute Gasteiger partial charge is 0.325 e. The molecule has 0 saturated heterocycles. The van der Waals surface area contributed by atoms with Crippen LogP contribution in [0.3, 0.4) is 0 Å². The van der Waals surface area contributed by atoms with E-state index in [-0.39, 0.29) is 17.3 Å². The molecule has 1 saturated carbocycles. The number of benzene rings is 1. The number of nitro groups is 1. The minimum Gasteiger partial charge on any atom is -0.325 e. The number of hydrogen-bond acceptors (Lipinski definition) is 7. The van der Waals surface area contributed by atoms with Gasteiger partial charge in [0, 0.05) is 18.2 Å². The minimum absolute atomic E-state index is 0.0531. The molecule has 0 bridgehead atoms. The first-order valence-corrected chi connectivity index (χ1v) is 10.6. The number of aryl methyl sites for hydroxylation is 1. The molecule has 0 aliphatic heterocycles. The number of amides is 1. The SMILES string of the molecule is Cc1ccc([N+](=O)[O-])cc1NC(=O)CSc1nnc(-c2cccs2)n1C1CC1. The van der Waals surface area contributed by atoms with Gasteiger partial charge in [-0.15, -0.1) is 21.5 Å². The van der Waals surface area contributed by atoms with Crippen molar-refractivity contribution in [1.82, 2.24) is 14.8 Å². The second-order valence-corrected chi connectivity index (χ2v) is 8.37. The zero-order chi connectivity index (χ0) is 19.7. The molecule has 8 nitrogen and oxygen atoms in total. The number of aromatic nitrogens is 3. The molecule has 3 aromatic rings. The Morgan fingerprint density at radius 1 is 1.39 bits per heavy atom. The maximum absolute atomic E-state index is 12.4. The van der Waals surface area contributed by atoms with Gasteiger partial charge < -0.3 is 5.32 Å². The fraction of sp³-hybridized carbons (Fsp3) is 0.278. The summed E-state index contributed by atoms with van der Waals surface area (Å²) in [6, 6.07) is 8.80. The quantitative estimate of drug-likeness (QED) is 0.351. The van der Waals surface area contributed by atoms with Gasteiger partial charge in [-0.3, -0.25) is 19.5 Å². The normalized spacial score (nSPS) is 13.5. The number of non-ortho nitro benzene ring substituents is 1. The van der Waals surface area contributed by atoms with Gasteiger partial charge in [-0.1, -0.05) is 23.9 Å². The van der Waals surface area contributed by atoms with Gasteiger partial charge in [-0.2, -0.15) is 0 Å². The van der Waals surface area contributed by atoms with Crippen LogP contribution in [0.4, 0.5) is 11.4 Å². The second-order valence-electron chi connectivity index (χ2n) is 6.48. The summed E-state index contributed by atoms with van der Waals surface area (Å²) >= 11 is 2.94. The van der Waals surface area contributed by atoms with Crippen molar-refractivity contribution >= 4 is 40.4 Å². The number of rotatable bonds is 7. The van der Waals surface area contributed by atoms with Crippen LogP contribution in [0.15, 0.2) is 40.9 Å². The summed E-state index contributed by atoms with van der Waals surface area (Å²) in [6.45, 7) is 1.80. The lowest BCUT2D eigenvalue weighted by atomic mass is 10.2. The Morgan fingerprint density at radius 2 is 2.21 bits per heavy atom. The maximum atomic E-state index is 12.4. The summed E-state index contributed by atoms with van der Waals surface area (Å²) < 4.78 is 2.11. The van der Waals surface area contributed by atoms with Gasteiger partial charge in [-0.05, 0) is 36.8 Å². The average molecular weight is 416 g/mol. The standard InChI is InChI=1S/C18H17N5O3S2/c1-11-4-5-13(23(25)26)9-14(11)19-16(24)10-28-18-21-20-17(15-3-2-8-27-15)22(18)12-6-7-12/h2-5,8-9,12H,6-7,10H2,1H3,(H,19,24). The third-order valence-electron chi connectivity index (χ3n) is 4.36. The number of anilines is 1. The van der Waals surface area contributed by atoms with E-state index in [0.717, 1.165) is 34.3 Å². The minimum atomic E-state index is -0.478. The van der Waals surface area contributed by atoms with Crippen LogP contribution in [0.5, 0.6) is 0 Å². The van der Waals surface area contributed by atoms with E-state index in [1.807, 2.05) is 17.5 Å². The van der Waals surface area contributed by atoms with Gasteiger partial charge in [0.2, 0.25) is 5.91 Å². The Morgan fingerprint density at radius 3 is 2.89 bits per heavy atom. The topological polar surface area (TPSA) is 103 Å². The van der Waals surface area contributed by atoms with Crippen LogP contribution >= 0.6 is 23.1 Å². The summed E-state index contributed by atoms with van der Waals surface area (Å²) in [6.07, 6.45) is 2.17. The first kappa shape index (κ1) is 18.6. The molecule has 10 heteroatoms. The van der Waals surface area contributed by atoms with Crippen LogP contribution < -0.4 is 5.32 Å². The molecule has 2 heterocycles. The van der Waals surface area contributed by atoms with E-state index in [2.05, 4.69) is 20.1 Å². The average Bonchev–Trinajstić information content (AvgIpc) is 3.18. The van der Waals surface area contributed by atoms with Crippen molar-refractivity contribution in [1.29, 1.82) is 0 Å². The van der Waals surface area contributed by atoms with Gasteiger partial charge in [0.1, 0.15) is 0 Å². The van der Waals surface area contributed by atoms with Crippen LogP contribution in [0.25, 0.3) is 10.7 Å². The Hall–Kier alpha value is -2.72. The van der Waals surface area contributed by atoms with E-state index >= 15 is 0 Å². The molecule has 4 rings (SSSR count). The van der Waals surface area contributed by atoms with Gasteiger partial charge >= 0.3 is 0 Å². The van der Waals surface area contributed by atoms with Crippen LogP contribution in [0.2, 0.25) is 0 Å². The summed E-state index contributed by atoms with van der Waals surface area (Å²) in [4.78, 5) is 23.9. The first-order chi connectivity index (χ1) is 13.5. The number of nitro benzene ring substituents is 1. The van der Waals surface area contributed by atoms with Crippen LogP contribution in [0.1, 0.15) is 24.4 Å². The fourth-order valence-corrected chi connectivity index (χ4v) is 4.30. The summed E-state index contributed by atoms with van der Waals surface area (Å²) in [5.74, 6) is 0.754. The second kappa shape index (κ2) is 7.72. The highest BCUT2D eigenvalue weighted by atomic mass is 32.2. The van der Waals surface area contributed by atoms with E-state index < -0.39 is 4.92 Å². The lowest BCUT2D eigenvalue weighted by molar-refractivity contribution is -0.384. The Kier molecular flexibility index (Phi) is 5.14. The van der Waals surface area contributed by atoms with Crippen molar-refractivity contribution < 1.29 is 9.72 Å². The zero-order valence-corrected chi connectivity index (χ0v) is 16.6. The van der Waals surface area contributed by atoms with E-state index in [9.17, 15) is 14.9 Å². The third kappa shape index (κ3) is 3.92. The molecule has 0 spiro atoms. The molecule has 1 N–H and O–H groups in total. The van der Waals surface area contributed by atoms with Gasteiger partial charge in [0.05, 0.1) is 21.2 Å².